The molecule has 0 unspecified atom stereocenters. The SMILES string of the molecule is C=CC1=CC=C(CN(Cc2ccc(C)cc2)C[C@H](C)O)CC1. The summed E-state index contributed by atoms with van der Waals surface area (Å²) in [7, 11) is 0. The lowest BCUT2D eigenvalue weighted by atomic mass is 9.98. The number of benzene rings is 1. The molecule has 1 aromatic rings. The number of nitrogens with zero attached hydrogens (tertiary/aromatic N) is 1. The van der Waals surface area contributed by atoms with E-state index >= 15 is 0 Å². The first-order chi connectivity index (χ1) is 10.6. The van der Waals surface area contributed by atoms with Gasteiger partial charge in [0.15, 0.2) is 0 Å². The van der Waals surface area contributed by atoms with E-state index < -0.39 is 0 Å². The molecule has 0 aromatic heterocycles. The highest BCUT2D eigenvalue weighted by atomic mass is 16.3. The average Bonchev–Trinajstić information content (AvgIpc) is 2.50. The molecule has 2 nitrogen and oxygen atoms in total. The van der Waals surface area contributed by atoms with E-state index in [-0.39, 0.29) is 6.10 Å². The summed E-state index contributed by atoms with van der Waals surface area (Å²) < 4.78 is 0. The van der Waals surface area contributed by atoms with Gasteiger partial charge < -0.3 is 5.11 Å². The standard InChI is InChI=1S/C20H27NO/c1-4-18-9-11-20(12-10-18)15-21(13-17(3)22)14-19-7-5-16(2)6-8-19/h4-9,11,17,22H,1,10,12-15H2,2-3H3/t17-/m0/s1. The quantitative estimate of drug-likeness (QED) is 0.822. The van der Waals surface area contributed by atoms with E-state index in [0.717, 1.165) is 25.9 Å². The minimum Gasteiger partial charge on any atom is -0.392 e. The Labute approximate surface area is 134 Å². The van der Waals surface area contributed by atoms with E-state index in [1.807, 2.05) is 13.0 Å². The van der Waals surface area contributed by atoms with Crippen molar-refractivity contribution >= 4 is 0 Å². The summed E-state index contributed by atoms with van der Waals surface area (Å²) >= 11 is 0. The van der Waals surface area contributed by atoms with Crippen LogP contribution in [0.2, 0.25) is 0 Å². The van der Waals surface area contributed by atoms with Crippen LogP contribution in [0.15, 0.2) is 60.2 Å². The first-order valence-electron chi connectivity index (χ1n) is 8.04. The van der Waals surface area contributed by atoms with Gasteiger partial charge in [0.25, 0.3) is 0 Å². The lowest BCUT2D eigenvalue weighted by molar-refractivity contribution is 0.128. The molecule has 1 aliphatic rings. The van der Waals surface area contributed by atoms with Crippen molar-refractivity contribution in [2.24, 2.45) is 0 Å². The molecule has 1 N–H and O–H groups in total. The van der Waals surface area contributed by atoms with Crippen LogP contribution >= 0.6 is 0 Å². The molecule has 0 saturated heterocycles. The average molecular weight is 297 g/mol. The number of hydrogen-bond acceptors (Lipinski definition) is 2. The monoisotopic (exact) mass is 297 g/mol. The fourth-order valence-electron chi connectivity index (χ4n) is 2.80. The van der Waals surface area contributed by atoms with Crippen molar-refractivity contribution in [3.05, 3.63) is 71.3 Å². The lowest BCUT2D eigenvalue weighted by Crippen LogP contribution is -2.32. The molecule has 22 heavy (non-hydrogen) atoms. The largest absolute Gasteiger partial charge is 0.392 e. The Hall–Kier alpha value is -1.64. The van der Waals surface area contributed by atoms with Crippen molar-refractivity contribution in [2.75, 3.05) is 13.1 Å². The van der Waals surface area contributed by atoms with Gasteiger partial charge in [0.1, 0.15) is 0 Å². The van der Waals surface area contributed by atoms with Gasteiger partial charge in [-0.05, 0) is 37.8 Å². The van der Waals surface area contributed by atoms with Crippen LogP contribution in [0.5, 0.6) is 0 Å². The summed E-state index contributed by atoms with van der Waals surface area (Å²) in [5, 5.41) is 9.77. The van der Waals surface area contributed by atoms with Crippen LogP contribution in [0, 0.1) is 6.92 Å². The molecule has 2 heteroatoms. The molecule has 0 spiro atoms. The van der Waals surface area contributed by atoms with Crippen LogP contribution in [-0.4, -0.2) is 29.2 Å². The molecular formula is C20H27NO. The van der Waals surface area contributed by atoms with Crippen LogP contribution < -0.4 is 0 Å². The molecule has 118 valence electrons. The van der Waals surface area contributed by atoms with Crippen molar-refractivity contribution in [1.29, 1.82) is 0 Å². The minimum absolute atomic E-state index is 0.311. The van der Waals surface area contributed by atoms with Gasteiger partial charge in [0.05, 0.1) is 6.10 Å². The third-order valence-corrected chi connectivity index (χ3v) is 4.01. The van der Waals surface area contributed by atoms with E-state index in [1.54, 1.807) is 0 Å². The molecule has 0 saturated carbocycles. The summed E-state index contributed by atoms with van der Waals surface area (Å²) in [6.07, 6.45) is 8.16. The fourth-order valence-corrected chi connectivity index (χ4v) is 2.80. The van der Waals surface area contributed by atoms with E-state index in [0.29, 0.717) is 6.54 Å². The van der Waals surface area contributed by atoms with Gasteiger partial charge in [-0.15, -0.1) is 0 Å². The number of aliphatic hydroxyl groups excluding tert-OH is 1. The van der Waals surface area contributed by atoms with E-state index in [2.05, 4.69) is 54.8 Å². The molecule has 0 aliphatic heterocycles. The predicted molar refractivity (Wildman–Crippen MR) is 93.7 cm³/mol. The molecule has 1 atom stereocenters. The molecule has 0 amide bonds. The van der Waals surface area contributed by atoms with Crippen molar-refractivity contribution in [3.63, 3.8) is 0 Å². The number of rotatable bonds is 7. The number of aryl methyl sites for hydroxylation is 1. The van der Waals surface area contributed by atoms with Crippen LogP contribution in [0.4, 0.5) is 0 Å². The van der Waals surface area contributed by atoms with Crippen LogP contribution in [-0.2, 0) is 6.54 Å². The second-order valence-electron chi connectivity index (χ2n) is 6.27. The molecule has 0 fully saturated rings. The third-order valence-electron chi connectivity index (χ3n) is 4.01. The second-order valence-corrected chi connectivity index (χ2v) is 6.27. The minimum atomic E-state index is -0.311. The zero-order chi connectivity index (χ0) is 15.9. The Morgan fingerprint density at radius 1 is 1.18 bits per heavy atom. The van der Waals surface area contributed by atoms with Crippen LogP contribution in [0.1, 0.15) is 30.9 Å². The molecule has 0 bridgehead atoms. The summed E-state index contributed by atoms with van der Waals surface area (Å²) in [5.74, 6) is 0. The summed E-state index contributed by atoms with van der Waals surface area (Å²) in [5.41, 5.74) is 5.32. The van der Waals surface area contributed by atoms with Gasteiger partial charge >= 0.3 is 0 Å². The maximum atomic E-state index is 9.77. The molecule has 1 aliphatic carbocycles. The number of aliphatic hydroxyl groups is 1. The van der Waals surface area contributed by atoms with Crippen molar-refractivity contribution < 1.29 is 5.11 Å². The maximum Gasteiger partial charge on any atom is 0.0639 e. The topological polar surface area (TPSA) is 23.5 Å². The zero-order valence-corrected chi connectivity index (χ0v) is 13.8. The predicted octanol–water partition coefficient (Wildman–Crippen LogP) is 4.01. The van der Waals surface area contributed by atoms with E-state index in [4.69, 9.17) is 0 Å². The van der Waals surface area contributed by atoms with Gasteiger partial charge in [-0.25, -0.2) is 0 Å². The van der Waals surface area contributed by atoms with Gasteiger partial charge in [0, 0.05) is 19.6 Å². The highest BCUT2D eigenvalue weighted by Gasteiger charge is 2.13. The van der Waals surface area contributed by atoms with Crippen molar-refractivity contribution in [1.82, 2.24) is 4.90 Å². The van der Waals surface area contributed by atoms with Gasteiger partial charge in [-0.3, -0.25) is 4.90 Å². The van der Waals surface area contributed by atoms with E-state index in [9.17, 15) is 5.11 Å². The highest BCUT2D eigenvalue weighted by molar-refractivity contribution is 5.30. The Balaban J connectivity index is 2.03. The molecule has 1 aromatic carbocycles. The highest BCUT2D eigenvalue weighted by Crippen LogP contribution is 2.20. The smallest absolute Gasteiger partial charge is 0.0639 e. The van der Waals surface area contributed by atoms with E-state index in [1.165, 1.54) is 22.3 Å². The molecular weight excluding hydrogens is 270 g/mol. The van der Waals surface area contributed by atoms with Crippen molar-refractivity contribution in [3.8, 4) is 0 Å². The normalized spacial score (nSPS) is 16.2. The van der Waals surface area contributed by atoms with Gasteiger partial charge in [0.2, 0.25) is 0 Å². The Morgan fingerprint density at radius 2 is 1.91 bits per heavy atom. The number of hydrogen-bond donors (Lipinski definition) is 1. The summed E-state index contributed by atoms with van der Waals surface area (Å²) in [6.45, 7) is 10.3. The van der Waals surface area contributed by atoms with Gasteiger partial charge in [-0.2, -0.15) is 0 Å². The second kappa shape index (κ2) is 8.11. The molecule has 0 radical (unpaired) electrons. The first kappa shape index (κ1) is 16.7. The van der Waals surface area contributed by atoms with Gasteiger partial charge in [-0.1, -0.05) is 60.2 Å². The van der Waals surface area contributed by atoms with Crippen LogP contribution in [0.3, 0.4) is 0 Å². The van der Waals surface area contributed by atoms with Crippen molar-refractivity contribution in [2.45, 2.75) is 39.3 Å². The molecule has 2 rings (SSSR count). The van der Waals surface area contributed by atoms with Crippen LogP contribution in [0.25, 0.3) is 0 Å². The Kier molecular flexibility index (Phi) is 6.17. The molecule has 0 heterocycles. The fraction of sp³-hybridized carbons (Fsp3) is 0.400. The zero-order valence-electron chi connectivity index (χ0n) is 13.8. The first-order valence-corrected chi connectivity index (χ1v) is 8.04. The summed E-state index contributed by atoms with van der Waals surface area (Å²) in [4.78, 5) is 2.33. The Bertz CT molecular complexity index is 552. The Morgan fingerprint density at radius 3 is 2.45 bits per heavy atom. The maximum absolute atomic E-state index is 9.77. The summed E-state index contributed by atoms with van der Waals surface area (Å²) in [6, 6.07) is 8.65. The lowest BCUT2D eigenvalue weighted by Gasteiger charge is -2.26. The third kappa shape index (κ3) is 5.28. The number of allylic oxidation sites excluding steroid dienone is 4.